The van der Waals surface area contributed by atoms with Gasteiger partial charge in [-0.15, -0.1) is 6.58 Å². The molecule has 0 atom stereocenters. The maximum Gasteiger partial charge on any atom is 0.324 e. The lowest BCUT2D eigenvalue weighted by Crippen LogP contribution is -2.30. The van der Waals surface area contributed by atoms with Gasteiger partial charge in [-0.05, 0) is 0 Å². The first kappa shape index (κ1) is 10.1. The van der Waals surface area contributed by atoms with Crippen LogP contribution >= 0.6 is 11.8 Å². The first-order valence-electron chi connectivity index (χ1n) is 4.01. The molecule has 1 aliphatic rings. The van der Waals surface area contributed by atoms with Crippen LogP contribution in [0.25, 0.3) is 0 Å². The van der Waals surface area contributed by atoms with Gasteiger partial charge < -0.3 is 4.90 Å². The first-order valence-corrected chi connectivity index (χ1v) is 5.17. The average Bonchev–Trinajstić information content (AvgIpc) is 2.39. The van der Waals surface area contributed by atoms with E-state index in [4.69, 9.17) is 0 Å². The number of carbonyl (C=O) groups is 2. The smallest absolute Gasteiger partial charge is 0.314 e. The van der Waals surface area contributed by atoms with Crippen molar-refractivity contribution in [1.29, 1.82) is 0 Å². The highest BCUT2D eigenvalue weighted by Crippen LogP contribution is 2.03. The van der Waals surface area contributed by atoms with Gasteiger partial charge in [-0.2, -0.15) is 11.8 Å². The monoisotopic (exact) mass is 200 g/mol. The van der Waals surface area contributed by atoms with E-state index in [2.05, 4.69) is 11.9 Å². The minimum atomic E-state index is -0.274. The van der Waals surface area contributed by atoms with Gasteiger partial charge in [0.05, 0.1) is 0 Å². The third-order valence-corrected chi connectivity index (χ3v) is 2.55. The molecule has 0 saturated carbocycles. The third kappa shape index (κ3) is 3.10. The van der Waals surface area contributed by atoms with Crippen molar-refractivity contribution in [1.82, 2.24) is 10.2 Å². The molecule has 3 amide bonds. The summed E-state index contributed by atoms with van der Waals surface area (Å²) in [4.78, 5) is 23.3. The van der Waals surface area contributed by atoms with Crippen LogP contribution in [0.4, 0.5) is 4.79 Å². The van der Waals surface area contributed by atoms with E-state index >= 15 is 0 Å². The molecule has 0 unspecified atom stereocenters. The average molecular weight is 200 g/mol. The molecule has 4 nitrogen and oxygen atoms in total. The molecule has 1 rings (SSSR count). The second-order valence-corrected chi connectivity index (χ2v) is 3.79. The summed E-state index contributed by atoms with van der Waals surface area (Å²) in [6.07, 6.45) is 1.82. The van der Waals surface area contributed by atoms with Gasteiger partial charge in [0.2, 0.25) is 5.91 Å². The number of amides is 3. The zero-order valence-electron chi connectivity index (χ0n) is 7.28. The Morgan fingerprint density at radius 3 is 2.92 bits per heavy atom. The maximum atomic E-state index is 11.0. The highest BCUT2D eigenvalue weighted by Gasteiger charge is 2.25. The number of rotatable bonds is 5. The fourth-order valence-electron chi connectivity index (χ4n) is 1.01. The van der Waals surface area contributed by atoms with Crippen LogP contribution < -0.4 is 5.32 Å². The van der Waals surface area contributed by atoms with Crippen LogP contribution in [0.3, 0.4) is 0 Å². The summed E-state index contributed by atoms with van der Waals surface area (Å²) in [5.41, 5.74) is 0. The fourth-order valence-corrected chi connectivity index (χ4v) is 1.69. The summed E-state index contributed by atoms with van der Waals surface area (Å²) in [5.74, 6) is 1.51. The Morgan fingerprint density at radius 1 is 1.62 bits per heavy atom. The second-order valence-electron chi connectivity index (χ2n) is 2.64. The predicted octanol–water partition coefficient (Wildman–Crippen LogP) is 0.457. The third-order valence-electron chi connectivity index (χ3n) is 1.61. The van der Waals surface area contributed by atoms with Crippen molar-refractivity contribution in [3.05, 3.63) is 12.7 Å². The van der Waals surface area contributed by atoms with Crippen molar-refractivity contribution in [2.75, 3.05) is 24.6 Å². The minimum Gasteiger partial charge on any atom is -0.314 e. The number of hydrogen-bond donors (Lipinski definition) is 1. The van der Waals surface area contributed by atoms with E-state index in [-0.39, 0.29) is 18.5 Å². The Labute approximate surface area is 81.4 Å². The largest absolute Gasteiger partial charge is 0.324 e. The zero-order valence-corrected chi connectivity index (χ0v) is 8.10. The fraction of sp³-hybridized carbons (Fsp3) is 0.500. The van der Waals surface area contributed by atoms with Crippen LogP contribution in [0.15, 0.2) is 12.7 Å². The van der Waals surface area contributed by atoms with Gasteiger partial charge in [0.25, 0.3) is 0 Å². The molecule has 0 radical (unpaired) electrons. The lowest BCUT2D eigenvalue weighted by atomic mass is 10.5. The Morgan fingerprint density at radius 2 is 2.38 bits per heavy atom. The summed E-state index contributed by atoms with van der Waals surface area (Å²) in [6.45, 7) is 4.41. The van der Waals surface area contributed by atoms with Gasteiger partial charge in [-0.1, -0.05) is 6.08 Å². The zero-order chi connectivity index (χ0) is 9.68. The Hall–Kier alpha value is -0.970. The van der Waals surface area contributed by atoms with Gasteiger partial charge in [-0.3, -0.25) is 10.1 Å². The molecule has 0 aromatic carbocycles. The van der Waals surface area contributed by atoms with Gasteiger partial charge in [0, 0.05) is 18.1 Å². The number of thioether (sulfide) groups is 1. The number of nitrogens with one attached hydrogen (secondary N) is 1. The predicted molar refractivity (Wildman–Crippen MR) is 52.6 cm³/mol. The van der Waals surface area contributed by atoms with Crippen LogP contribution in [0.2, 0.25) is 0 Å². The molecule has 1 heterocycles. The van der Waals surface area contributed by atoms with E-state index in [0.29, 0.717) is 6.54 Å². The summed E-state index contributed by atoms with van der Waals surface area (Å²) < 4.78 is 0. The number of nitrogens with zero attached hydrogens (tertiary/aromatic N) is 1. The number of imide groups is 1. The van der Waals surface area contributed by atoms with Crippen molar-refractivity contribution >= 4 is 23.7 Å². The van der Waals surface area contributed by atoms with Crippen LogP contribution in [0.5, 0.6) is 0 Å². The normalized spacial score (nSPS) is 16.2. The quantitative estimate of drug-likeness (QED) is 0.398. The van der Waals surface area contributed by atoms with Crippen LogP contribution in [-0.2, 0) is 4.79 Å². The van der Waals surface area contributed by atoms with Gasteiger partial charge >= 0.3 is 6.03 Å². The molecule has 0 aromatic heterocycles. The van der Waals surface area contributed by atoms with Crippen LogP contribution in [0, 0.1) is 0 Å². The van der Waals surface area contributed by atoms with Crippen molar-refractivity contribution < 1.29 is 9.59 Å². The Balaban J connectivity index is 2.18. The highest BCUT2D eigenvalue weighted by atomic mass is 32.2. The van der Waals surface area contributed by atoms with E-state index in [1.54, 1.807) is 11.8 Å². The van der Waals surface area contributed by atoms with Gasteiger partial charge in [0.1, 0.15) is 6.54 Å². The lowest BCUT2D eigenvalue weighted by Gasteiger charge is -2.11. The second kappa shape index (κ2) is 4.91. The molecule has 13 heavy (non-hydrogen) atoms. The van der Waals surface area contributed by atoms with Crippen molar-refractivity contribution in [2.45, 2.75) is 0 Å². The maximum absolute atomic E-state index is 11.0. The molecule has 1 aliphatic heterocycles. The molecule has 72 valence electrons. The molecular weight excluding hydrogens is 188 g/mol. The van der Waals surface area contributed by atoms with E-state index in [1.807, 2.05) is 6.08 Å². The molecule has 5 heteroatoms. The van der Waals surface area contributed by atoms with Gasteiger partial charge in [-0.25, -0.2) is 4.79 Å². The first-order chi connectivity index (χ1) is 6.24. The molecule has 1 fully saturated rings. The Bertz CT molecular complexity index is 230. The molecule has 0 aromatic rings. The summed E-state index contributed by atoms with van der Waals surface area (Å²) >= 11 is 1.69. The SMILES string of the molecule is C=CCSCCN1CC(=O)NC1=O. The molecule has 0 bridgehead atoms. The van der Waals surface area contributed by atoms with Crippen molar-refractivity contribution in [2.24, 2.45) is 0 Å². The van der Waals surface area contributed by atoms with Crippen LogP contribution in [0.1, 0.15) is 0 Å². The molecule has 0 spiro atoms. The highest BCUT2D eigenvalue weighted by molar-refractivity contribution is 7.99. The van der Waals surface area contributed by atoms with E-state index < -0.39 is 0 Å². The molecule has 0 aliphatic carbocycles. The van der Waals surface area contributed by atoms with E-state index in [9.17, 15) is 9.59 Å². The summed E-state index contributed by atoms with van der Waals surface area (Å²) in [7, 11) is 0. The topological polar surface area (TPSA) is 49.4 Å². The number of carbonyl (C=O) groups excluding carboxylic acids is 2. The minimum absolute atomic E-state index is 0.202. The number of hydrogen-bond acceptors (Lipinski definition) is 3. The van der Waals surface area contributed by atoms with Crippen LogP contribution in [-0.4, -0.2) is 41.4 Å². The molecule has 1 N–H and O–H groups in total. The van der Waals surface area contributed by atoms with E-state index in [0.717, 1.165) is 11.5 Å². The van der Waals surface area contributed by atoms with E-state index in [1.165, 1.54) is 4.90 Å². The molecular formula is C8H12N2O2S. The number of urea groups is 1. The van der Waals surface area contributed by atoms with Crippen molar-refractivity contribution in [3.63, 3.8) is 0 Å². The molecule has 1 saturated heterocycles. The summed E-state index contributed by atoms with van der Waals surface area (Å²) in [5, 5.41) is 2.23. The lowest BCUT2D eigenvalue weighted by molar-refractivity contribution is -0.118. The summed E-state index contributed by atoms with van der Waals surface area (Å²) in [6, 6.07) is -0.274. The van der Waals surface area contributed by atoms with Crippen molar-refractivity contribution in [3.8, 4) is 0 Å². The standard InChI is InChI=1S/C8H12N2O2S/c1-2-4-13-5-3-10-6-7(11)9-8(10)12/h2H,1,3-6H2,(H,9,11,12). The Kier molecular flexibility index (Phi) is 3.82. The van der Waals surface area contributed by atoms with Gasteiger partial charge in [0.15, 0.2) is 0 Å².